The Balaban J connectivity index is 1.62. The number of carbonyl (C=O) groups is 2. The number of likely N-dealkylation sites (N-methyl/N-ethyl adjacent to an activating group) is 1. The van der Waals surface area contributed by atoms with Crippen molar-refractivity contribution in [3.63, 3.8) is 0 Å². The number of fused-ring (bicyclic) bond motifs is 1. The van der Waals surface area contributed by atoms with Crippen molar-refractivity contribution in [2.75, 3.05) is 11.9 Å². The number of benzene rings is 1. The lowest BCUT2D eigenvalue weighted by atomic mass is 9.85. The maximum Gasteiger partial charge on any atom is 0.236 e. The van der Waals surface area contributed by atoms with Crippen LogP contribution in [0.5, 0.6) is 0 Å². The van der Waals surface area contributed by atoms with Gasteiger partial charge in [0.2, 0.25) is 11.8 Å². The van der Waals surface area contributed by atoms with Crippen LogP contribution in [-0.2, 0) is 28.0 Å². The minimum Gasteiger partial charge on any atom is -0.352 e. The molecule has 0 atom stereocenters. The first kappa shape index (κ1) is 16.7. The molecule has 1 N–H and O–H groups in total. The monoisotopic (exact) mass is 342 g/mol. The molecule has 5 heteroatoms. The van der Waals surface area contributed by atoms with Gasteiger partial charge in [-0.05, 0) is 48.9 Å². The van der Waals surface area contributed by atoms with E-state index >= 15 is 0 Å². The van der Waals surface area contributed by atoms with Crippen LogP contribution in [0.25, 0.3) is 0 Å². The number of amides is 2. The number of aryl methyl sites for hydroxylation is 1. The van der Waals surface area contributed by atoms with Gasteiger partial charge >= 0.3 is 0 Å². The summed E-state index contributed by atoms with van der Waals surface area (Å²) in [5.74, 6) is 0.158. The number of carbonyl (C=O) groups excluding carboxylic acids is 2. The van der Waals surface area contributed by atoms with Gasteiger partial charge in [-0.25, -0.2) is 0 Å². The lowest BCUT2D eigenvalue weighted by molar-refractivity contribution is -0.122. The SMILES string of the molecule is CN1C(=O)C(C)(C)c2cc(CNC(=O)CCc3cccs3)ccc21. The second-order valence-electron chi connectivity index (χ2n) is 6.70. The van der Waals surface area contributed by atoms with E-state index in [1.54, 1.807) is 16.2 Å². The Labute approximate surface area is 146 Å². The molecular formula is C19H22N2O2S. The Morgan fingerprint density at radius 3 is 2.79 bits per heavy atom. The third kappa shape index (κ3) is 3.08. The highest BCUT2D eigenvalue weighted by Crippen LogP contribution is 2.40. The van der Waals surface area contributed by atoms with Crippen LogP contribution in [0.15, 0.2) is 35.7 Å². The fourth-order valence-corrected chi connectivity index (χ4v) is 3.82. The van der Waals surface area contributed by atoms with E-state index < -0.39 is 5.41 Å². The molecular weight excluding hydrogens is 320 g/mol. The fourth-order valence-electron chi connectivity index (χ4n) is 3.11. The van der Waals surface area contributed by atoms with Crippen LogP contribution >= 0.6 is 11.3 Å². The normalized spacial score (nSPS) is 15.5. The second kappa shape index (κ2) is 6.40. The van der Waals surface area contributed by atoms with Gasteiger partial charge < -0.3 is 10.2 Å². The molecule has 1 aromatic heterocycles. The summed E-state index contributed by atoms with van der Waals surface area (Å²) in [5.41, 5.74) is 2.50. The molecule has 0 unspecified atom stereocenters. The molecule has 0 radical (unpaired) electrons. The van der Waals surface area contributed by atoms with E-state index in [2.05, 4.69) is 5.32 Å². The summed E-state index contributed by atoms with van der Waals surface area (Å²) in [6.45, 7) is 4.38. The number of hydrogen-bond acceptors (Lipinski definition) is 3. The van der Waals surface area contributed by atoms with Gasteiger partial charge in [-0.3, -0.25) is 9.59 Å². The number of anilines is 1. The molecule has 0 bridgehead atoms. The molecule has 0 aliphatic carbocycles. The van der Waals surface area contributed by atoms with Crippen LogP contribution < -0.4 is 10.2 Å². The van der Waals surface area contributed by atoms with Gasteiger partial charge in [0.15, 0.2) is 0 Å². The highest BCUT2D eigenvalue weighted by atomic mass is 32.1. The molecule has 2 amide bonds. The molecule has 4 nitrogen and oxygen atoms in total. The molecule has 0 saturated carbocycles. The van der Waals surface area contributed by atoms with E-state index in [-0.39, 0.29) is 11.8 Å². The minimum absolute atomic E-state index is 0.0522. The maximum atomic E-state index is 12.3. The molecule has 24 heavy (non-hydrogen) atoms. The van der Waals surface area contributed by atoms with Crippen LogP contribution in [-0.4, -0.2) is 18.9 Å². The topological polar surface area (TPSA) is 49.4 Å². The zero-order valence-electron chi connectivity index (χ0n) is 14.3. The summed E-state index contributed by atoms with van der Waals surface area (Å²) in [7, 11) is 1.81. The van der Waals surface area contributed by atoms with Crippen molar-refractivity contribution in [3.8, 4) is 0 Å². The van der Waals surface area contributed by atoms with Crippen LogP contribution in [0, 0.1) is 0 Å². The van der Waals surface area contributed by atoms with Crippen LogP contribution in [0.1, 0.15) is 36.3 Å². The van der Waals surface area contributed by atoms with Gasteiger partial charge in [0.05, 0.1) is 5.41 Å². The summed E-state index contributed by atoms with van der Waals surface area (Å²) in [5, 5.41) is 5.00. The fraction of sp³-hybridized carbons (Fsp3) is 0.368. The van der Waals surface area contributed by atoms with Crippen LogP contribution in [0.4, 0.5) is 5.69 Å². The van der Waals surface area contributed by atoms with Gasteiger partial charge in [0.25, 0.3) is 0 Å². The highest BCUT2D eigenvalue weighted by Gasteiger charge is 2.42. The average molecular weight is 342 g/mol. The van der Waals surface area contributed by atoms with Gasteiger partial charge in [-0.1, -0.05) is 18.2 Å². The van der Waals surface area contributed by atoms with Gasteiger partial charge in [-0.15, -0.1) is 11.3 Å². The second-order valence-corrected chi connectivity index (χ2v) is 7.73. The molecule has 2 heterocycles. The summed E-state index contributed by atoms with van der Waals surface area (Å²) < 4.78 is 0. The smallest absolute Gasteiger partial charge is 0.236 e. The first-order valence-electron chi connectivity index (χ1n) is 8.10. The van der Waals surface area contributed by atoms with E-state index in [1.807, 2.05) is 56.6 Å². The number of nitrogens with one attached hydrogen (secondary N) is 1. The summed E-state index contributed by atoms with van der Waals surface area (Å²) in [6, 6.07) is 10.0. The summed E-state index contributed by atoms with van der Waals surface area (Å²) in [4.78, 5) is 27.3. The quantitative estimate of drug-likeness (QED) is 0.907. The largest absolute Gasteiger partial charge is 0.352 e. The standard InChI is InChI=1S/C19H22N2O2S/c1-19(2)15-11-13(6-8-16(15)21(3)18(19)23)12-20-17(22)9-7-14-5-4-10-24-14/h4-6,8,10-11H,7,9,12H2,1-3H3,(H,20,22). The van der Waals surface area contributed by atoms with Gasteiger partial charge in [-0.2, -0.15) is 0 Å². The van der Waals surface area contributed by atoms with E-state index in [0.717, 1.165) is 23.2 Å². The van der Waals surface area contributed by atoms with E-state index in [0.29, 0.717) is 13.0 Å². The van der Waals surface area contributed by atoms with E-state index in [4.69, 9.17) is 0 Å². The Morgan fingerprint density at radius 2 is 2.08 bits per heavy atom. The molecule has 1 aliphatic rings. The zero-order chi connectivity index (χ0) is 17.3. The minimum atomic E-state index is -0.511. The van der Waals surface area contributed by atoms with E-state index in [1.165, 1.54) is 4.88 Å². The van der Waals surface area contributed by atoms with Crippen molar-refractivity contribution in [2.45, 2.75) is 38.6 Å². The Hall–Kier alpha value is -2.14. The molecule has 1 aliphatic heterocycles. The van der Waals surface area contributed by atoms with Crippen molar-refractivity contribution in [1.82, 2.24) is 5.32 Å². The molecule has 0 saturated heterocycles. The molecule has 126 valence electrons. The third-order valence-corrected chi connectivity index (χ3v) is 5.54. The van der Waals surface area contributed by atoms with Crippen molar-refractivity contribution < 1.29 is 9.59 Å². The van der Waals surface area contributed by atoms with Crippen molar-refractivity contribution in [1.29, 1.82) is 0 Å². The van der Waals surface area contributed by atoms with Crippen molar-refractivity contribution >= 4 is 28.8 Å². The predicted octanol–water partition coefficient (Wildman–Crippen LogP) is 3.25. The first-order chi connectivity index (χ1) is 11.4. The van der Waals surface area contributed by atoms with Crippen molar-refractivity contribution in [3.05, 3.63) is 51.7 Å². The van der Waals surface area contributed by atoms with Crippen molar-refractivity contribution in [2.24, 2.45) is 0 Å². The highest BCUT2D eigenvalue weighted by molar-refractivity contribution is 7.09. The predicted molar refractivity (Wildman–Crippen MR) is 97.4 cm³/mol. The number of thiophene rings is 1. The lowest BCUT2D eigenvalue weighted by Crippen LogP contribution is -2.33. The Morgan fingerprint density at radius 1 is 1.29 bits per heavy atom. The molecule has 1 aromatic carbocycles. The van der Waals surface area contributed by atoms with E-state index in [9.17, 15) is 9.59 Å². The molecule has 0 fully saturated rings. The summed E-state index contributed by atoms with van der Waals surface area (Å²) in [6.07, 6.45) is 1.28. The number of rotatable bonds is 5. The Kier molecular flexibility index (Phi) is 4.45. The first-order valence-corrected chi connectivity index (χ1v) is 8.98. The van der Waals surface area contributed by atoms with Gasteiger partial charge in [0.1, 0.15) is 0 Å². The molecule has 3 rings (SSSR count). The summed E-state index contributed by atoms with van der Waals surface area (Å²) >= 11 is 1.68. The molecule has 2 aromatic rings. The maximum absolute atomic E-state index is 12.3. The lowest BCUT2D eigenvalue weighted by Gasteiger charge is -2.16. The molecule has 0 spiro atoms. The number of hydrogen-bond donors (Lipinski definition) is 1. The van der Waals surface area contributed by atoms with Gasteiger partial charge in [0, 0.05) is 30.6 Å². The number of nitrogens with zero attached hydrogens (tertiary/aromatic N) is 1. The van der Waals surface area contributed by atoms with Crippen LogP contribution in [0.2, 0.25) is 0 Å². The average Bonchev–Trinajstić information content (AvgIpc) is 3.14. The Bertz CT molecular complexity index is 766. The van der Waals surface area contributed by atoms with Crippen LogP contribution in [0.3, 0.4) is 0 Å². The third-order valence-electron chi connectivity index (χ3n) is 4.60. The zero-order valence-corrected chi connectivity index (χ0v) is 15.1.